The van der Waals surface area contributed by atoms with Crippen LogP contribution in [0.4, 0.5) is 4.79 Å². The van der Waals surface area contributed by atoms with Crippen molar-refractivity contribution in [2.24, 2.45) is 0 Å². The van der Waals surface area contributed by atoms with Gasteiger partial charge in [0.25, 0.3) is 17.7 Å². The van der Waals surface area contributed by atoms with Crippen LogP contribution < -0.4 is 16.0 Å². The van der Waals surface area contributed by atoms with Crippen molar-refractivity contribution < 1.29 is 28.7 Å². The van der Waals surface area contributed by atoms with E-state index in [1.807, 2.05) is 5.32 Å². The van der Waals surface area contributed by atoms with Crippen molar-refractivity contribution in [3.63, 3.8) is 0 Å². The zero-order valence-electron chi connectivity index (χ0n) is 9.60. The number of hydrogen-bond donors (Lipinski definition) is 3. The zero-order chi connectivity index (χ0) is 13.9. The number of imide groups is 2. The summed E-state index contributed by atoms with van der Waals surface area (Å²) in [5.74, 6) is -3.47. The van der Waals surface area contributed by atoms with Gasteiger partial charge in [-0.2, -0.15) is 0 Å². The van der Waals surface area contributed by atoms with Gasteiger partial charge in [0, 0.05) is 7.11 Å². The lowest BCUT2D eigenvalue weighted by Gasteiger charge is -2.22. The number of urea groups is 1. The molecule has 18 heavy (non-hydrogen) atoms. The van der Waals surface area contributed by atoms with Gasteiger partial charge in [-0.15, -0.1) is 0 Å². The van der Waals surface area contributed by atoms with Crippen LogP contribution in [0.3, 0.4) is 0 Å². The molecule has 1 aliphatic heterocycles. The van der Waals surface area contributed by atoms with Gasteiger partial charge in [-0.1, -0.05) is 0 Å². The summed E-state index contributed by atoms with van der Waals surface area (Å²) in [6.07, 6.45) is -1.41. The highest BCUT2D eigenvalue weighted by Gasteiger charge is 2.37. The zero-order valence-corrected chi connectivity index (χ0v) is 9.60. The molecule has 3 N–H and O–H groups in total. The largest absolute Gasteiger partial charge is 0.364 e. The molecule has 9 nitrogen and oxygen atoms in total. The Hall–Kier alpha value is -2.29. The highest BCUT2D eigenvalue weighted by atomic mass is 16.5. The molecule has 1 heterocycles. The maximum atomic E-state index is 11.6. The molecule has 1 fully saturated rings. The molecule has 98 valence electrons. The number of amides is 5. The Kier molecular flexibility index (Phi) is 4.10. The molecular formula is C9H11N3O6. The first kappa shape index (κ1) is 13.8. The Morgan fingerprint density at radius 3 is 2.11 bits per heavy atom. The van der Waals surface area contributed by atoms with Crippen molar-refractivity contribution in [1.29, 1.82) is 0 Å². The van der Waals surface area contributed by atoms with E-state index in [0.717, 1.165) is 14.0 Å². The van der Waals surface area contributed by atoms with Crippen LogP contribution in [-0.4, -0.2) is 48.8 Å². The van der Waals surface area contributed by atoms with E-state index in [1.54, 1.807) is 10.6 Å². The fourth-order valence-corrected chi connectivity index (χ4v) is 1.33. The van der Waals surface area contributed by atoms with Gasteiger partial charge in [-0.25, -0.2) is 4.79 Å². The molecule has 5 amide bonds. The first-order chi connectivity index (χ1) is 8.36. The molecule has 0 aliphatic carbocycles. The topological polar surface area (TPSA) is 131 Å². The van der Waals surface area contributed by atoms with Gasteiger partial charge >= 0.3 is 6.03 Å². The van der Waals surface area contributed by atoms with E-state index >= 15 is 0 Å². The van der Waals surface area contributed by atoms with Crippen molar-refractivity contribution >= 4 is 29.5 Å². The van der Waals surface area contributed by atoms with Gasteiger partial charge in [0.1, 0.15) is 0 Å². The lowest BCUT2D eigenvalue weighted by Crippen LogP contribution is -2.65. The molecule has 1 atom stereocenters. The molecule has 1 rings (SSSR count). The van der Waals surface area contributed by atoms with Crippen LogP contribution in [0.2, 0.25) is 0 Å². The molecule has 0 bridgehead atoms. The van der Waals surface area contributed by atoms with E-state index in [1.165, 1.54) is 0 Å². The van der Waals surface area contributed by atoms with Gasteiger partial charge in [-0.05, 0) is 6.92 Å². The van der Waals surface area contributed by atoms with Crippen molar-refractivity contribution in [3.05, 3.63) is 0 Å². The number of hydrogen-bond acceptors (Lipinski definition) is 6. The van der Waals surface area contributed by atoms with Gasteiger partial charge in [0.05, 0.1) is 0 Å². The lowest BCUT2D eigenvalue weighted by molar-refractivity contribution is -0.145. The van der Waals surface area contributed by atoms with Gasteiger partial charge < -0.3 is 10.1 Å². The highest BCUT2D eigenvalue weighted by molar-refractivity contribution is 6.20. The second-order valence-corrected chi connectivity index (χ2v) is 3.48. The lowest BCUT2D eigenvalue weighted by atomic mass is 10.2. The number of carbonyl (C=O) groups excluding carboxylic acids is 5. The number of Topliss-reactive ketones (excluding diaryl/α,β-unsaturated/α-hetero) is 1. The third-order valence-electron chi connectivity index (χ3n) is 2.13. The SMILES string of the molecule is COC(C(C)=O)C(=O)NC1C(=O)NC(=O)NC1=O. The molecule has 1 unspecified atom stereocenters. The molecule has 1 aliphatic rings. The summed E-state index contributed by atoms with van der Waals surface area (Å²) in [5.41, 5.74) is 0. The minimum absolute atomic E-state index is 0.581. The number of ketones is 1. The molecule has 1 saturated heterocycles. The smallest absolute Gasteiger partial charge is 0.328 e. The summed E-state index contributed by atoms with van der Waals surface area (Å²) in [6, 6.07) is -2.54. The summed E-state index contributed by atoms with van der Waals surface area (Å²) >= 11 is 0. The second-order valence-electron chi connectivity index (χ2n) is 3.48. The number of methoxy groups -OCH3 is 1. The van der Waals surface area contributed by atoms with Crippen molar-refractivity contribution in [3.8, 4) is 0 Å². The van der Waals surface area contributed by atoms with E-state index in [4.69, 9.17) is 0 Å². The Morgan fingerprint density at radius 2 is 1.72 bits per heavy atom. The van der Waals surface area contributed by atoms with E-state index in [9.17, 15) is 24.0 Å². The molecule has 0 radical (unpaired) electrons. The summed E-state index contributed by atoms with van der Waals surface area (Å²) in [4.78, 5) is 55.9. The van der Waals surface area contributed by atoms with Crippen LogP contribution in [0, 0.1) is 0 Å². The number of nitrogens with one attached hydrogen (secondary N) is 3. The van der Waals surface area contributed by atoms with E-state index in [0.29, 0.717) is 0 Å². The average molecular weight is 257 g/mol. The Labute approximate surface area is 101 Å². The second kappa shape index (κ2) is 5.36. The van der Waals surface area contributed by atoms with Crippen LogP contribution in [0.15, 0.2) is 0 Å². The summed E-state index contributed by atoms with van der Waals surface area (Å²) in [6.45, 7) is 1.12. The maximum absolute atomic E-state index is 11.6. The maximum Gasteiger partial charge on any atom is 0.328 e. The van der Waals surface area contributed by atoms with E-state index in [2.05, 4.69) is 4.74 Å². The van der Waals surface area contributed by atoms with Crippen LogP contribution in [0.25, 0.3) is 0 Å². The summed E-state index contributed by atoms with van der Waals surface area (Å²) in [5, 5.41) is 5.61. The first-order valence-electron chi connectivity index (χ1n) is 4.86. The Bertz CT molecular complexity index is 412. The molecular weight excluding hydrogens is 246 g/mol. The van der Waals surface area contributed by atoms with Gasteiger partial charge in [-0.3, -0.25) is 29.8 Å². The fourth-order valence-electron chi connectivity index (χ4n) is 1.33. The van der Waals surface area contributed by atoms with Crippen LogP contribution >= 0.6 is 0 Å². The van der Waals surface area contributed by atoms with Crippen molar-refractivity contribution in [2.45, 2.75) is 19.1 Å². The van der Waals surface area contributed by atoms with Gasteiger partial charge in [0.2, 0.25) is 0 Å². The minimum atomic E-state index is -1.58. The quantitative estimate of drug-likeness (QED) is 0.475. The normalized spacial score (nSPS) is 17.8. The Morgan fingerprint density at radius 1 is 1.22 bits per heavy atom. The van der Waals surface area contributed by atoms with E-state index in [-0.39, 0.29) is 0 Å². The molecule has 0 spiro atoms. The number of rotatable bonds is 4. The molecule has 0 aromatic rings. The third kappa shape index (κ3) is 2.88. The van der Waals surface area contributed by atoms with Crippen molar-refractivity contribution in [1.82, 2.24) is 16.0 Å². The minimum Gasteiger partial charge on any atom is -0.364 e. The Balaban J connectivity index is 2.75. The number of carbonyl (C=O) groups is 5. The predicted octanol–water partition coefficient (Wildman–Crippen LogP) is -2.56. The molecule has 0 aromatic heterocycles. The van der Waals surface area contributed by atoms with E-state index < -0.39 is 41.7 Å². The van der Waals surface area contributed by atoms with Crippen LogP contribution in [-0.2, 0) is 23.9 Å². The third-order valence-corrected chi connectivity index (χ3v) is 2.13. The van der Waals surface area contributed by atoms with Gasteiger partial charge in [0.15, 0.2) is 17.9 Å². The molecule has 0 aromatic carbocycles. The predicted molar refractivity (Wildman–Crippen MR) is 55.1 cm³/mol. The fraction of sp³-hybridized carbons (Fsp3) is 0.444. The summed E-state index contributed by atoms with van der Waals surface area (Å²) in [7, 11) is 1.14. The standard InChI is InChI=1S/C9H11N3O6/c1-3(13)5(18-2)8(16)10-4-6(14)11-9(17)12-7(4)15/h4-5H,1-2H3,(H,10,16)(H2,11,12,14,15,17). The van der Waals surface area contributed by atoms with Crippen LogP contribution in [0.5, 0.6) is 0 Å². The monoisotopic (exact) mass is 257 g/mol. The molecule has 0 saturated carbocycles. The van der Waals surface area contributed by atoms with Crippen molar-refractivity contribution in [2.75, 3.05) is 7.11 Å². The molecule has 9 heteroatoms. The van der Waals surface area contributed by atoms with Crippen LogP contribution in [0.1, 0.15) is 6.92 Å². The number of ether oxygens (including phenoxy) is 1. The number of barbiturate groups is 1. The first-order valence-corrected chi connectivity index (χ1v) is 4.86. The average Bonchev–Trinajstić information content (AvgIpc) is 2.23. The highest BCUT2D eigenvalue weighted by Crippen LogP contribution is 1.97. The summed E-state index contributed by atoms with van der Waals surface area (Å²) < 4.78 is 4.61.